The Labute approximate surface area is 203 Å². The first kappa shape index (κ1) is 22.9. The molecule has 1 aromatic carbocycles. The van der Waals surface area contributed by atoms with E-state index in [0.717, 1.165) is 18.8 Å². The van der Waals surface area contributed by atoms with Crippen molar-refractivity contribution in [3.8, 4) is 5.69 Å². The van der Waals surface area contributed by atoms with Crippen LogP contribution in [0.15, 0.2) is 66.6 Å². The molecule has 2 aliphatic heterocycles. The first-order valence-electron chi connectivity index (χ1n) is 11.7. The van der Waals surface area contributed by atoms with Crippen molar-refractivity contribution in [2.75, 3.05) is 39.4 Å². The number of likely N-dealkylation sites (tertiary alicyclic amines) is 1. The van der Waals surface area contributed by atoms with Crippen molar-refractivity contribution in [2.24, 2.45) is 0 Å². The van der Waals surface area contributed by atoms with Gasteiger partial charge in [-0.3, -0.25) is 14.6 Å². The molecule has 2 aromatic heterocycles. The molecule has 5 rings (SSSR count). The molecule has 1 amide bonds. The number of quaternary nitrogens is 1. The molecule has 0 bridgehead atoms. The van der Waals surface area contributed by atoms with Gasteiger partial charge >= 0.3 is 0 Å². The summed E-state index contributed by atoms with van der Waals surface area (Å²) in [4.78, 5) is 33.4. The maximum atomic E-state index is 13.8. The van der Waals surface area contributed by atoms with Crippen LogP contribution in [0.4, 0.5) is 0 Å². The highest BCUT2D eigenvalue weighted by molar-refractivity contribution is 6.46. The summed E-state index contributed by atoms with van der Waals surface area (Å²) in [5, 5.41) is 18.2. The van der Waals surface area contributed by atoms with Gasteiger partial charge in [-0.25, -0.2) is 4.68 Å². The Morgan fingerprint density at radius 1 is 1.11 bits per heavy atom. The number of hydrogen-bond acceptors (Lipinski definition) is 6. The Bertz CT molecular complexity index is 1250. The number of ether oxygens (including phenoxy) is 1. The van der Waals surface area contributed by atoms with Crippen LogP contribution in [0.3, 0.4) is 0 Å². The Morgan fingerprint density at radius 2 is 1.89 bits per heavy atom. The van der Waals surface area contributed by atoms with Crippen molar-refractivity contribution in [1.29, 1.82) is 0 Å². The van der Waals surface area contributed by atoms with E-state index in [1.807, 2.05) is 30.3 Å². The second-order valence-electron chi connectivity index (χ2n) is 8.76. The van der Waals surface area contributed by atoms with E-state index in [2.05, 4.69) is 10.1 Å². The number of benzene rings is 1. The molecule has 2 aliphatic rings. The number of Topliss-reactive ketones (excluding diaryl/α,β-unsaturated/α-hetero) is 1. The van der Waals surface area contributed by atoms with Crippen molar-refractivity contribution in [3.05, 3.63) is 83.4 Å². The van der Waals surface area contributed by atoms with Crippen LogP contribution in [0.2, 0.25) is 0 Å². The number of morpholine rings is 1. The maximum Gasteiger partial charge on any atom is 0.295 e. The molecule has 3 aromatic rings. The second kappa shape index (κ2) is 9.81. The molecule has 4 heterocycles. The van der Waals surface area contributed by atoms with Gasteiger partial charge in [-0.15, -0.1) is 0 Å². The minimum Gasteiger partial charge on any atom is -0.872 e. The van der Waals surface area contributed by atoms with Gasteiger partial charge in [0.25, 0.3) is 5.91 Å². The van der Waals surface area contributed by atoms with Crippen LogP contribution in [-0.4, -0.2) is 70.7 Å². The van der Waals surface area contributed by atoms with E-state index >= 15 is 0 Å². The molecule has 35 heavy (non-hydrogen) atoms. The third-order valence-electron chi connectivity index (χ3n) is 6.69. The van der Waals surface area contributed by atoms with Crippen molar-refractivity contribution in [3.63, 3.8) is 0 Å². The fourth-order valence-electron chi connectivity index (χ4n) is 4.78. The molecule has 9 nitrogen and oxygen atoms in total. The number of rotatable bonds is 6. The van der Waals surface area contributed by atoms with Crippen molar-refractivity contribution < 1.29 is 24.3 Å². The summed E-state index contributed by atoms with van der Waals surface area (Å²) in [5.74, 6) is -1.88. The van der Waals surface area contributed by atoms with E-state index in [-0.39, 0.29) is 5.57 Å². The van der Waals surface area contributed by atoms with Gasteiger partial charge in [-0.2, -0.15) is 5.10 Å². The zero-order chi connectivity index (χ0) is 24.4. The minimum absolute atomic E-state index is 0.0457. The zero-order valence-corrected chi connectivity index (χ0v) is 19.5. The Kier molecular flexibility index (Phi) is 6.43. The van der Waals surface area contributed by atoms with Gasteiger partial charge in [0.15, 0.2) is 0 Å². The number of nitrogens with one attached hydrogen (secondary N) is 1. The monoisotopic (exact) mass is 473 g/mol. The summed E-state index contributed by atoms with van der Waals surface area (Å²) in [6, 6.07) is 12.2. The van der Waals surface area contributed by atoms with Crippen LogP contribution < -0.4 is 10.0 Å². The number of aromatic nitrogens is 3. The summed E-state index contributed by atoms with van der Waals surface area (Å²) in [5.41, 5.74) is 2.31. The number of para-hydroxylation sites is 1. The summed E-state index contributed by atoms with van der Waals surface area (Å²) in [7, 11) is 0. The standard InChI is InChI=1S/C26H27N5O4/c1-18-21(17-28-31(18)20-7-3-2-4-8-20)24(32)22-23(19-6-5-9-27-16-19)30(26(34)25(22)33)11-10-29-12-14-35-15-13-29/h2-9,16-17,23,32H,10-15H2,1H3/b24-22+. The first-order chi connectivity index (χ1) is 17.1. The highest BCUT2D eigenvalue weighted by atomic mass is 16.5. The topological polar surface area (TPSA) is 105 Å². The van der Waals surface area contributed by atoms with E-state index in [9.17, 15) is 14.7 Å². The molecule has 1 N–H and O–H groups in total. The number of carbonyl (C=O) groups excluding carboxylic acids is 2. The molecule has 2 saturated heterocycles. The summed E-state index contributed by atoms with van der Waals surface area (Å²) in [6.07, 6.45) is 4.70. The Balaban J connectivity index is 1.54. The van der Waals surface area contributed by atoms with Crippen LogP contribution in [-0.2, 0) is 14.3 Å². The normalized spacial score (nSPS) is 20.5. The predicted molar refractivity (Wildman–Crippen MR) is 125 cm³/mol. The van der Waals surface area contributed by atoms with Gasteiger partial charge in [0.1, 0.15) is 13.1 Å². The lowest BCUT2D eigenvalue weighted by molar-refractivity contribution is -0.907. The number of carbonyl (C=O) groups is 2. The average molecular weight is 474 g/mol. The molecule has 0 aliphatic carbocycles. The van der Waals surface area contributed by atoms with Gasteiger partial charge < -0.3 is 19.6 Å². The highest BCUT2D eigenvalue weighted by Crippen LogP contribution is 2.38. The van der Waals surface area contributed by atoms with Gasteiger partial charge in [-0.1, -0.05) is 30.0 Å². The van der Waals surface area contributed by atoms with Crippen molar-refractivity contribution >= 4 is 17.4 Å². The van der Waals surface area contributed by atoms with Crippen molar-refractivity contribution in [2.45, 2.75) is 13.0 Å². The van der Waals surface area contributed by atoms with Crippen molar-refractivity contribution in [1.82, 2.24) is 19.7 Å². The SMILES string of the molecule is Cc1c(/C([O-])=C2\C(=O)C(=O)N(CC[NH+]3CCOCC3)C2c2cccnc2)cnn1-c1ccccc1. The largest absolute Gasteiger partial charge is 0.872 e. The van der Waals surface area contributed by atoms with Gasteiger partial charge in [0, 0.05) is 29.2 Å². The minimum atomic E-state index is -0.781. The lowest BCUT2D eigenvalue weighted by Crippen LogP contribution is -3.14. The Hall–Kier alpha value is -3.82. The van der Waals surface area contributed by atoms with Gasteiger partial charge in [0.2, 0.25) is 5.78 Å². The van der Waals surface area contributed by atoms with E-state index in [1.165, 1.54) is 16.0 Å². The molecule has 1 atom stereocenters. The summed E-state index contributed by atoms with van der Waals surface area (Å²) >= 11 is 0. The number of ketones is 1. The quantitative estimate of drug-likeness (QED) is 0.300. The molecule has 1 unspecified atom stereocenters. The van der Waals surface area contributed by atoms with Crippen LogP contribution >= 0.6 is 0 Å². The maximum absolute atomic E-state index is 13.8. The molecular formula is C26H27N5O4. The van der Waals surface area contributed by atoms with E-state index in [4.69, 9.17) is 4.74 Å². The lowest BCUT2D eigenvalue weighted by Gasteiger charge is -2.29. The van der Waals surface area contributed by atoms with E-state index < -0.39 is 23.5 Å². The van der Waals surface area contributed by atoms with E-state index in [1.54, 1.807) is 36.1 Å². The first-order valence-corrected chi connectivity index (χ1v) is 11.7. The van der Waals surface area contributed by atoms with Gasteiger partial charge in [0.05, 0.1) is 44.2 Å². The average Bonchev–Trinajstić information content (AvgIpc) is 3.41. The van der Waals surface area contributed by atoms with Crippen LogP contribution in [0, 0.1) is 6.92 Å². The van der Waals surface area contributed by atoms with E-state index in [0.29, 0.717) is 43.1 Å². The summed E-state index contributed by atoms with van der Waals surface area (Å²) in [6.45, 7) is 5.86. The fraction of sp³-hybridized carbons (Fsp3) is 0.308. The smallest absolute Gasteiger partial charge is 0.295 e. The van der Waals surface area contributed by atoms with Gasteiger partial charge in [-0.05, 0) is 30.7 Å². The molecule has 0 radical (unpaired) electrons. The number of nitrogens with zero attached hydrogens (tertiary/aromatic N) is 4. The third kappa shape index (κ3) is 4.36. The molecule has 0 saturated carbocycles. The number of amides is 1. The molecule has 2 fully saturated rings. The third-order valence-corrected chi connectivity index (χ3v) is 6.69. The summed E-state index contributed by atoms with van der Waals surface area (Å²) < 4.78 is 7.08. The Morgan fingerprint density at radius 3 is 2.60 bits per heavy atom. The molecule has 180 valence electrons. The molecular weight excluding hydrogens is 446 g/mol. The number of pyridine rings is 1. The van der Waals surface area contributed by atoms with Crippen LogP contribution in [0.25, 0.3) is 11.4 Å². The van der Waals surface area contributed by atoms with Crippen LogP contribution in [0.1, 0.15) is 22.9 Å². The molecule has 9 heteroatoms. The second-order valence-corrected chi connectivity index (χ2v) is 8.76. The zero-order valence-electron chi connectivity index (χ0n) is 19.5. The number of hydrogen-bond donors (Lipinski definition) is 1. The predicted octanol–water partition coefficient (Wildman–Crippen LogP) is -0.285. The fourth-order valence-corrected chi connectivity index (χ4v) is 4.78. The van der Waals surface area contributed by atoms with Crippen LogP contribution in [0.5, 0.6) is 0 Å². The lowest BCUT2D eigenvalue weighted by atomic mass is 9.96. The molecule has 0 spiro atoms. The highest BCUT2D eigenvalue weighted by Gasteiger charge is 2.44.